The van der Waals surface area contributed by atoms with Gasteiger partial charge in [-0.3, -0.25) is 4.90 Å². The number of rotatable bonds is 6. The molecule has 0 saturated carbocycles. The van der Waals surface area contributed by atoms with E-state index in [9.17, 15) is 0 Å². The number of benzene rings is 1. The van der Waals surface area contributed by atoms with Crippen molar-refractivity contribution in [1.29, 1.82) is 0 Å². The molecule has 1 heterocycles. The molecule has 1 aromatic carbocycles. The summed E-state index contributed by atoms with van der Waals surface area (Å²) in [5.74, 6) is 1.67. The van der Waals surface area contributed by atoms with E-state index in [1.807, 2.05) is 6.07 Å². The molecule has 1 aromatic rings. The van der Waals surface area contributed by atoms with Gasteiger partial charge in [-0.2, -0.15) is 0 Å². The zero-order valence-electron chi connectivity index (χ0n) is 11.8. The molecule has 0 radical (unpaired) electrons. The number of nitrogens with zero attached hydrogens (tertiary/aromatic N) is 1. The van der Waals surface area contributed by atoms with Gasteiger partial charge in [0.05, 0.1) is 26.9 Å². The lowest BCUT2D eigenvalue weighted by atomic mass is 10.0. The monoisotopic (exact) mass is 266 g/mol. The van der Waals surface area contributed by atoms with E-state index in [0.717, 1.165) is 24.6 Å². The van der Waals surface area contributed by atoms with Crippen LogP contribution in [0.4, 0.5) is 0 Å². The van der Waals surface area contributed by atoms with Crippen LogP contribution in [0.3, 0.4) is 0 Å². The van der Waals surface area contributed by atoms with Crippen molar-refractivity contribution in [2.45, 2.75) is 12.6 Å². The third-order valence-corrected chi connectivity index (χ3v) is 3.61. The molecule has 1 aliphatic heterocycles. The van der Waals surface area contributed by atoms with E-state index in [1.54, 1.807) is 21.3 Å². The molecule has 0 saturated heterocycles. The quantitative estimate of drug-likeness (QED) is 0.837. The second kappa shape index (κ2) is 6.23. The van der Waals surface area contributed by atoms with Crippen LogP contribution >= 0.6 is 0 Å². The lowest BCUT2D eigenvalue weighted by molar-refractivity contribution is 0.127. The van der Waals surface area contributed by atoms with Gasteiger partial charge in [-0.05, 0) is 11.6 Å². The summed E-state index contributed by atoms with van der Waals surface area (Å²) in [5.41, 5.74) is 8.34. The number of hydrogen-bond acceptors (Lipinski definition) is 5. The van der Waals surface area contributed by atoms with Crippen LogP contribution in [0.1, 0.15) is 17.2 Å². The predicted molar refractivity (Wildman–Crippen MR) is 73.6 cm³/mol. The maximum Gasteiger partial charge on any atom is 0.127 e. The van der Waals surface area contributed by atoms with E-state index in [0.29, 0.717) is 13.2 Å². The number of nitrogens with two attached hydrogens (primary N) is 1. The van der Waals surface area contributed by atoms with Crippen molar-refractivity contribution in [2.75, 3.05) is 41.0 Å². The summed E-state index contributed by atoms with van der Waals surface area (Å²) in [6.07, 6.45) is 0. The van der Waals surface area contributed by atoms with Crippen LogP contribution in [-0.2, 0) is 11.3 Å². The highest BCUT2D eigenvalue weighted by atomic mass is 16.5. The maximum absolute atomic E-state index is 5.94. The Balaban J connectivity index is 2.33. The smallest absolute Gasteiger partial charge is 0.127 e. The van der Waals surface area contributed by atoms with E-state index in [2.05, 4.69) is 11.0 Å². The second-order valence-electron chi connectivity index (χ2n) is 4.62. The predicted octanol–water partition coefficient (Wildman–Crippen LogP) is 1.17. The van der Waals surface area contributed by atoms with Gasteiger partial charge in [-0.15, -0.1) is 0 Å². The van der Waals surface area contributed by atoms with Crippen molar-refractivity contribution < 1.29 is 14.2 Å². The fourth-order valence-electron chi connectivity index (χ4n) is 2.67. The van der Waals surface area contributed by atoms with Gasteiger partial charge in [0, 0.05) is 38.4 Å². The topological polar surface area (TPSA) is 57.0 Å². The van der Waals surface area contributed by atoms with E-state index in [-0.39, 0.29) is 6.04 Å². The largest absolute Gasteiger partial charge is 0.497 e. The SMILES string of the molecule is COCCN1Cc2cc(OC)cc(OC)c2C1CN. The van der Waals surface area contributed by atoms with Gasteiger partial charge in [-0.1, -0.05) is 0 Å². The van der Waals surface area contributed by atoms with Crippen LogP contribution in [0.15, 0.2) is 12.1 Å². The average Bonchev–Trinajstić information content (AvgIpc) is 2.81. The minimum atomic E-state index is 0.186. The van der Waals surface area contributed by atoms with Crippen LogP contribution in [0.2, 0.25) is 0 Å². The number of hydrogen-bond donors (Lipinski definition) is 1. The summed E-state index contributed by atoms with van der Waals surface area (Å²) in [6, 6.07) is 4.17. The molecule has 19 heavy (non-hydrogen) atoms. The average molecular weight is 266 g/mol. The van der Waals surface area contributed by atoms with Gasteiger partial charge in [0.15, 0.2) is 0 Å². The minimum Gasteiger partial charge on any atom is -0.497 e. The first-order valence-corrected chi connectivity index (χ1v) is 6.43. The highest BCUT2D eigenvalue weighted by Gasteiger charge is 2.32. The first kappa shape index (κ1) is 14.1. The van der Waals surface area contributed by atoms with Gasteiger partial charge in [0.25, 0.3) is 0 Å². The van der Waals surface area contributed by atoms with Gasteiger partial charge in [-0.25, -0.2) is 0 Å². The summed E-state index contributed by atoms with van der Waals surface area (Å²) < 4.78 is 16.0. The molecule has 0 aliphatic carbocycles. The van der Waals surface area contributed by atoms with E-state index in [4.69, 9.17) is 19.9 Å². The molecule has 0 aromatic heterocycles. The number of fused-ring (bicyclic) bond motifs is 1. The van der Waals surface area contributed by atoms with E-state index in [1.165, 1.54) is 11.1 Å². The molecular weight excluding hydrogens is 244 g/mol. The van der Waals surface area contributed by atoms with Crippen molar-refractivity contribution in [2.24, 2.45) is 5.73 Å². The molecule has 5 heteroatoms. The van der Waals surface area contributed by atoms with E-state index >= 15 is 0 Å². The van der Waals surface area contributed by atoms with Crippen molar-refractivity contribution >= 4 is 0 Å². The molecule has 1 unspecified atom stereocenters. The van der Waals surface area contributed by atoms with Gasteiger partial charge >= 0.3 is 0 Å². The third-order valence-electron chi connectivity index (χ3n) is 3.61. The van der Waals surface area contributed by atoms with Crippen LogP contribution in [0.25, 0.3) is 0 Å². The number of methoxy groups -OCH3 is 3. The highest BCUT2D eigenvalue weighted by molar-refractivity contribution is 5.50. The summed E-state index contributed by atoms with van der Waals surface area (Å²) in [7, 11) is 5.06. The van der Waals surface area contributed by atoms with Gasteiger partial charge < -0.3 is 19.9 Å². The molecule has 0 amide bonds. The third kappa shape index (κ3) is 2.68. The summed E-state index contributed by atoms with van der Waals surface area (Å²) in [4.78, 5) is 2.32. The van der Waals surface area contributed by atoms with Crippen molar-refractivity contribution in [3.63, 3.8) is 0 Å². The Bertz CT molecular complexity index is 437. The van der Waals surface area contributed by atoms with Crippen LogP contribution in [0.5, 0.6) is 11.5 Å². The highest BCUT2D eigenvalue weighted by Crippen LogP contribution is 2.41. The van der Waals surface area contributed by atoms with Crippen LogP contribution in [-0.4, -0.2) is 45.9 Å². The summed E-state index contributed by atoms with van der Waals surface area (Å²) in [5, 5.41) is 0. The Morgan fingerprint density at radius 2 is 2.05 bits per heavy atom. The molecule has 1 aliphatic rings. The molecule has 2 N–H and O–H groups in total. The summed E-state index contributed by atoms with van der Waals surface area (Å²) >= 11 is 0. The first-order chi connectivity index (χ1) is 9.24. The summed E-state index contributed by atoms with van der Waals surface area (Å²) in [6.45, 7) is 2.98. The zero-order valence-corrected chi connectivity index (χ0v) is 11.8. The molecule has 1 atom stereocenters. The van der Waals surface area contributed by atoms with E-state index < -0.39 is 0 Å². The van der Waals surface area contributed by atoms with Crippen molar-refractivity contribution in [3.05, 3.63) is 23.3 Å². The van der Waals surface area contributed by atoms with Crippen molar-refractivity contribution in [3.8, 4) is 11.5 Å². The maximum atomic E-state index is 5.94. The fraction of sp³-hybridized carbons (Fsp3) is 0.571. The lowest BCUT2D eigenvalue weighted by Gasteiger charge is -2.24. The Morgan fingerprint density at radius 1 is 1.26 bits per heavy atom. The first-order valence-electron chi connectivity index (χ1n) is 6.43. The molecule has 0 spiro atoms. The molecule has 0 fully saturated rings. The Morgan fingerprint density at radius 3 is 2.63 bits per heavy atom. The molecule has 106 valence electrons. The van der Waals surface area contributed by atoms with Crippen LogP contribution < -0.4 is 15.2 Å². The van der Waals surface area contributed by atoms with Gasteiger partial charge in [0.2, 0.25) is 0 Å². The standard InChI is InChI=1S/C14H22N2O3/c1-17-5-4-16-9-10-6-11(18-2)7-13(19-3)14(10)12(16)8-15/h6-7,12H,4-5,8-9,15H2,1-3H3. The zero-order chi connectivity index (χ0) is 13.8. The lowest BCUT2D eigenvalue weighted by Crippen LogP contribution is -2.30. The second-order valence-corrected chi connectivity index (χ2v) is 4.62. The Hall–Kier alpha value is -1.30. The molecule has 0 bridgehead atoms. The Kier molecular flexibility index (Phi) is 4.63. The normalized spacial score (nSPS) is 18.4. The Labute approximate surface area is 114 Å². The van der Waals surface area contributed by atoms with Crippen molar-refractivity contribution in [1.82, 2.24) is 4.90 Å². The minimum absolute atomic E-state index is 0.186. The number of ether oxygens (including phenoxy) is 3. The molecular formula is C14H22N2O3. The molecule has 2 rings (SSSR count). The van der Waals surface area contributed by atoms with Crippen LogP contribution in [0, 0.1) is 0 Å². The fourth-order valence-corrected chi connectivity index (χ4v) is 2.67. The molecule has 5 nitrogen and oxygen atoms in total. The van der Waals surface area contributed by atoms with Gasteiger partial charge in [0.1, 0.15) is 11.5 Å².